The summed E-state index contributed by atoms with van der Waals surface area (Å²) in [4.78, 5) is 24.9. The Morgan fingerprint density at radius 3 is 2.12 bits per heavy atom. The first-order valence-corrected chi connectivity index (χ1v) is 8.53. The Bertz CT molecular complexity index is 720. The van der Waals surface area contributed by atoms with Crippen LogP contribution in [0.4, 0.5) is 0 Å². The number of halogens is 1. The highest BCUT2D eigenvalue weighted by Crippen LogP contribution is 2.21. The second-order valence-corrected chi connectivity index (χ2v) is 6.28. The highest BCUT2D eigenvalue weighted by molar-refractivity contribution is 6.30. The summed E-state index contributed by atoms with van der Waals surface area (Å²) in [6.45, 7) is 6.01. The normalized spacial score (nSPS) is 11.9. The van der Waals surface area contributed by atoms with Gasteiger partial charge in [0.2, 0.25) is 5.78 Å². The quantitative estimate of drug-likeness (QED) is 0.409. The summed E-state index contributed by atoms with van der Waals surface area (Å²) in [5.74, 6) is -0.367. The maximum absolute atomic E-state index is 12.7. The predicted molar refractivity (Wildman–Crippen MR) is 97.4 cm³/mol. The van der Waals surface area contributed by atoms with Crippen LogP contribution in [0.5, 0.6) is 5.75 Å². The smallest absolute Gasteiger partial charge is 0.355 e. The molecule has 25 heavy (non-hydrogen) atoms. The van der Waals surface area contributed by atoms with E-state index in [4.69, 9.17) is 21.1 Å². The SMILES string of the molecule is CCOC(=O)[C@@H](Oc1ccc(C(C)C)cc1)C(=O)c1ccc(Cl)cc1. The first-order valence-electron chi connectivity index (χ1n) is 8.15. The maximum Gasteiger partial charge on any atom is 0.355 e. The lowest BCUT2D eigenvalue weighted by molar-refractivity contribution is -0.149. The third-order valence-electron chi connectivity index (χ3n) is 3.67. The van der Waals surface area contributed by atoms with Crippen molar-refractivity contribution in [3.8, 4) is 5.75 Å². The first kappa shape index (κ1) is 19.0. The third kappa shape index (κ3) is 5.07. The van der Waals surface area contributed by atoms with Crippen LogP contribution < -0.4 is 4.74 Å². The summed E-state index contributed by atoms with van der Waals surface area (Å²) in [6.07, 6.45) is -1.36. The van der Waals surface area contributed by atoms with Gasteiger partial charge in [0.15, 0.2) is 0 Å². The zero-order valence-electron chi connectivity index (χ0n) is 14.5. The molecule has 2 aromatic carbocycles. The average molecular weight is 361 g/mol. The van der Waals surface area contributed by atoms with Crippen molar-refractivity contribution < 1.29 is 19.1 Å². The molecular weight excluding hydrogens is 340 g/mol. The van der Waals surface area contributed by atoms with Gasteiger partial charge in [0.25, 0.3) is 6.10 Å². The van der Waals surface area contributed by atoms with Crippen LogP contribution in [0.1, 0.15) is 42.6 Å². The van der Waals surface area contributed by atoms with E-state index in [2.05, 4.69) is 13.8 Å². The maximum atomic E-state index is 12.7. The van der Waals surface area contributed by atoms with Gasteiger partial charge in [0.05, 0.1) is 6.61 Å². The highest BCUT2D eigenvalue weighted by Gasteiger charge is 2.31. The molecule has 132 valence electrons. The lowest BCUT2D eigenvalue weighted by Gasteiger charge is -2.17. The van der Waals surface area contributed by atoms with E-state index in [0.717, 1.165) is 5.56 Å². The van der Waals surface area contributed by atoms with Gasteiger partial charge in [0.1, 0.15) is 5.75 Å². The van der Waals surface area contributed by atoms with Gasteiger partial charge in [-0.15, -0.1) is 0 Å². The van der Waals surface area contributed by atoms with Crippen molar-refractivity contribution in [2.24, 2.45) is 0 Å². The second-order valence-electron chi connectivity index (χ2n) is 5.84. The molecule has 5 heteroatoms. The van der Waals surface area contributed by atoms with Crippen molar-refractivity contribution >= 4 is 23.4 Å². The average Bonchev–Trinajstić information content (AvgIpc) is 2.60. The van der Waals surface area contributed by atoms with Gasteiger partial charge in [-0.1, -0.05) is 37.6 Å². The van der Waals surface area contributed by atoms with Crippen molar-refractivity contribution in [2.45, 2.75) is 32.8 Å². The summed E-state index contributed by atoms with van der Waals surface area (Å²) < 4.78 is 10.6. The van der Waals surface area contributed by atoms with E-state index < -0.39 is 17.9 Å². The van der Waals surface area contributed by atoms with Gasteiger partial charge in [-0.3, -0.25) is 4.79 Å². The van der Waals surface area contributed by atoms with Crippen LogP contribution in [-0.2, 0) is 9.53 Å². The Labute approximate surface area is 152 Å². The topological polar surface area (TPSA) is 52.6 Å². The molecule has 0 unspecified atom stereocenters. The van der Waals surface area contributed by atoms with Gasteiger partial charge < -0.3 is 9.47 Å². The van der Waals surface area contributed by atoms with Crippen LogP contribution in [0.15, 0.2) is 48.5 Å². The first-order chi connectivity index (χ1) is 11.9. The molecule has 4 nitrogen and oxygen atoms in total. The van der Waals surface area contributed by atoms with Crippen LogP contribution >= 0.6 is 11.6 Å². The van der Waals surface area contributed by atoms with Gasteiger partial charge in [0, 0.05) is 10.6 Å². The number of hydrogen-bond donors (Lipinski definition) is 0. The highest BCUT2D eigenvalue weighted by atomic mass is 35.5. The van der Waals surface area contributed by atoms with Crippen LogP contribution in [0.2, 0.25) is 5.02 Å². The number of carbonyl (C=O) groups is 2. The summed E-state index contributed by atoms with van der Waals surface area (Å²) in [5, 5.41) is 0.509. The molecule has 0 saturated carbocycles. The van der Waals surface area contributed by atoms with Crippen molar-refractivity contribution in [3.63, 3.8) is 0 Å². The van der Waals surface area contributed by atoms with Gasteiger partial charge in [-0.05, 0) is 54.8 Å². The lowest BCUT2D eigenvalue weighted by atomic mass is 10.0. The molecule has 0 aliphatic rings. The molecule has 0 amide bonds. The molecule has 0 N–H and O–H groups in total. The molecule has 0 bridgehead atoms. The van der Waals surface area contributed by atoms with E-state index in [0.29, 0.717) is 22.3 Å². The van der Waals surface area contributed by atoms with Crippen molar-refractivity contribution in [2.75, 3.05) is 6.61 Å². The molecule has 0 spiro atoms. The lowest BCUT2D eigenvalue weighted by Crippen LogP contribution is -2.37. The minimum atomic E-state index is -1.36. The molecule has 0 fully saturated rings. The van der Waals surface area contributed by atoms with Crippen LogP contribution in [0, 0.1) is 0 Å². The van der Waals surface area contributed by atoms with Crippen LogP contribution in [0.25, 0.3) is 0 Å². The Balaban J connectivity index is 2.24. The monoisotopic (exact) mass is 360 g/mol. The number of ether oxygens (including phenoxy) is 2. The standard InChI is InChI=1S/C20H21ClO4/c1-4-24-20(23)19(18(22)15-5-9-16(21)10-6-15)25-17-11-7-14(8-12-17)13(2)3/h5-13,19H,4H2,1-3H3/t19-/m0/s1. The predicted octanol–water partition coefficient (Wildman–Crippen LogP) is 4.66. The molecule has 2 rings (SSSR count). The van der Waals surface area contributed by atoms with E-state index in [-0.39, 0.29) is 6.61 Å². The van der Waals surface area contributed by atoms with E-state index in [9.17, 15) is 9.59 Å². The summed E-state index contributed by atoms with van der Waals surface area (Å²) in [6, 6.07) is 13.6. The van der Waals surface area contributed by atoms with Crippen molar-refractivity contribution in [1.29, 1.82) is 0 Å². The molecule has 0 heterocycles. The Morgan fingerprint density at radius 1 is 1.00 bits per heavy atom. The minimum Gasteiger partial charge on any atom is -0.470 e. The number of ketones is 1. The summed E-state index contributed by atoms with van der Waals surface area (Å²) in [5.41, 5.74) is 1.48. The molecule has 0 radical (unpaired) electrons. The fourth-order valence-corrected chi connectivity index (χ4v) is 2.39. The fraction of sp³-hybridized carbons (Fsp3) is 0.300. The Hall–Kier alpha value is -2.33. The van der Waals surface area contributed by atoms with Crippen molar-refractivity contribution in [1.82, 2.24) is 0 Å². The van der Waals surface area contributed by atoms with E-state index in [1.165, 1.54) is 0 Å². The van der Waals surface area contributed by atoms with Gasteiger partial charge in [-0.2, -0.15) is 0 Å². The molecule has 2 aromatic rings. The number of esters is 1. The van der Waals surface area contributed by atoms with E-state index in [1.807, 2.05) is 12.1 Å². The largest absolute Gasteiger partial charge is 0.470 e. The number of rotatable bonds is 7. The molecule has 0 aliphatic heterocycles. The molecule has 0 aromatic heterocycles. The molecular formula is C20H21ClO4. The number of carbonyl (C=O) groups excluding carboxylic acids is 2. The summed E-state index contributed by atoms with van der Waals surface area (Å²) >= 11 is 5.84. The summed E-state index contributed by atoms with van der Waals surface area (Å²) in [7, 11) is 0. The van der Waals surface area contributed by atoms with Crippen molar-refractivity contribution in [3.05, 3.63) is 64.7 Å². The fourth-order valence-electron chi connectivity index (χ4n) is 2.26. The van der Waals surface area contributed by atoms with Gasteiger partial charge >= 0.3 is 5.97 Å². The number of Topliss-reactive ketones (excluding diaryl/α,β-unsaturated/α-hetero) is 1. The second kappa shape index (κ2) is 8.67. The molecule has 0 aliphatic carbocycles. The molecule has 0 saturated heterocycles. The van der Waals surface area contributed by atoms with Crippen LogP contribution in [0.3, 0.4) is 0 Å². The Kier molecular flexibility index (Phi) is 6.59. The number of hydrogen-bond acceptors (Lipinski definition) is 4. The minimum absolute atomic E-state index is 0.166. The zero-order chi connectivity index (χ0) is 18.4. The van der Waals surface area contributed by atoms with Crippen LogP contribution in [-0.4, -0.2) is 24.5 Å². The zero-order valence-corrected chi connectivity index (χ0v) is 15.2. The van der Waals surface area contributed by atoms with Gasteiger partial charge in [-0.25, -0.2) is 4.79 Å². The third-order valence-corrected chi connectivity index (χ3v) is 3.92. The van der Waals surface area contributed by atoms with E-state index >= 15 is 0 Å². The molecule has 1 atom stereocenters. The van der Waals surface area contributed by atoms with E-state index in [1.54, 1.807) is 43.3 Å². The number of benzene rings is 2. The Morgan fingerprint density at radius 2 is 1.60 bits per heavy atom.